The molecule has 22 heteroatoms. The summed E-state index contributed by atoms with van der Waals surface area (Å²) in [5.74, 6) is -1.99. The molecule has 0 fully saturated rings. The normalized spacial score (nSPS) is 12.3. The summed E-state index contributed by atoms with van der Waals surface area (Å²) in [6, 6.07) is 7.18. The molecule has 17 nitrogen and oxygen atoms in total. The van der Waals surface area contributed by atoms with Gasteiger partial charge in [-0.05, 0) is 37.3 Å². The van der Waals surface area contributed by atoms with Gasteiger partial charge in [-0.2, -0.15) is 22.1 Å². The van der Waals surface area contributed by atoms with Crippen LogP contribution >= 0.6 is 34.5 Å². The molecule has 0 unspecified atom stereocenters. The van der Waals surface area contributed by atoms with E-state index in [0.29, 0.717) is 14.9 Å². The quantitative estimate of drug-likeness (QED) is 0.138. The lowest BCUT2D eigenvalue weighted by atomic mass is 10.3. The molecule has 0 aliphatic heterocycles. The first-order chi connectivity index (χ1) is 20.5. The highest BCUT2D eigenvalue weighted by molar-refractivity contribution is 7.86. The second-order valence-corrected chi connectivity index (χ2v) is 13.3. The third kappa shape index (κ3) is 5.48. The molecule has 0 spiro atoms. The molecule has 0 saturated carbocycles. The maximum absolute atomic E-state index is 13.2. The Labute approximate surface area is 258 Å². The Morgan fingerprint density at radius 1 is 1.07 bits per heavy atom. The number of fused-ring (bicyclic) bond motifs is 1. The predicted octanol–water partition coefficient (Wildman–Crippen LogP) is 4.05. The van der Waals surface area contributed by atoms with E-state index < -0.39 is 58.1 Å². The van der Waals surface area contributed by atoms with Crippen molar-refractivity contribution in [3.63, 3.8) is 0 Å². The van der Waals surface area contributed by atoms with Crippen LogP contribution in [0.4, 0.5) is 11.5 Å². The van der Waals surface area contributed by atoms with Crippen molar-refractivity contribution in [1.82, 2.24) is 24.5 Å². The fourth-order valence-corrected chi connectivity index (χ4v) is 6.76. The number of aromatic carboxylic acids is 1. The van der Waals surface area contributed by atoms with Gasteiger partial charge in [0.15, 0.2) is 11.4 Å². The van der Waals surface area contributed by atoms with Gasteiger partial charge >= 0.3 is 5.97 Å². The first-order valence-corrected chi connectivity index (χ1v) is 15.8. The fourth-order valence-electron chi connectivity index (χ4n) is 3.85. The number of carboxylic acids is 1. The molecular formula is C22H12Cl2N8O9S3. The van der Waals surface area contributed by atoms with E-state index in [1.807, 2.05) is 6.07 Å². The first kappa shape index (κ1) is 31.0. The highest BCUT2D eigenvalue weighted by atomic mass is 35.5. The minimum absolute atomic E-state index is 0.119. The van der Waals surface area contributed by atoms with E-state index in [2.05, 4.69) is 25.4 Å². The number of aromatic nitrogens is 5. The topological polar surface area (TPSA) is 263 Å². The molecule has 5 aromatic rings. The number of nitrogens with zero attached hydrogens (tertiary/aromatic N) is 7. The van der Waals surface area contributed by atoms with E-state index in [9.17, 15) is 45.9 Å². The molecule has 0 saturated heterocycles. The Hall–Kier alpha value is -4.49. The highest BCUT2D eigenvalue weighted by Gasteiger charge is 2.26. The number of thiazole rings is 1. The Bertz CT molecular complexity index is 2380. The van der Waals surface area contributed by atoms with Crippen LogP contribution in [0.2, 0.25) is 10.0 Å². The summed E-state index contributed by atoms with van der Waals surface area (Å²) in [6.07, 6.45) is 0. The molecule has 0 aliphatic carbocycles. The van der Waals surface area contributed by atoms with Gasteiger partial charge in [-0.1, -0.05) is 34.5 Å². The summed E-state index contributed by atoms with van der Waals surface area (Å²) in [5, 5.41) is 32.7. The Morgan fingerprint density at radius 3 is 2.27 bits per heavy atom. The van der Waals surface area contributed by atoms with Gasteiger partial charge in [0.2, 0.25) is 10.9 Å². The number of carbonyl (C=O) groups is 1. The van der Waals surface area contributed by atoms with Gasteiger partial charge in [0, 0.05) is 0 Å². The summed E-state index contributed by atoms with van der Waals surface area (Å²) >= 11 is 13.2. The zero-order chi connectivity index (χ0) is 32.3. The van der Waals surface area contributed by atoms with Crippen LogP contribution < -0.4 is 5.56 Å². The van der Waals surface area contributed by atoms with Gasteiger partial charge in [-0.25, -0.2) is 19.1 Å². The number of nitrogens with one attached hydrogen (secondary N) is 1. The van der Waals surface area contributed by atoms with Crippen molar-refractivity contribution < 1.29 is 35.8 Å². The third-order valence-electron chi connectivity index (χ3n) is 5.87. The lowest BCUT2D eigenvalue weighted by Gasteiger charge is -2.08. The maximum atomic E-state index is 13.2. The molecule has 0 atom stereocenters. The number of H-pyrrole nitrogens is 1. The Morgan fingerprint density at radius 2 is 1.70 bits per heavy atom. The molecule has 0 aliphatic rings. The molecular weight excluding hydrogens is 687 g/mol. The summed E-state index contributed by atoms with van der Waals surface area (Å²) in [6.45, 7) is 1.49. The van der Waals surface area contributed by atoms with Crippen LogP contribution in [0.15, 0.2) is 55.1 Å². The van der Waals surface area contributed by atoms with Gasteiger partial charge in [-0.3, -0.25) is 19.0 Å². The summed E-state index contributed by atoms with van der Waals surface area (Å²) < 4.78 is 66.7. The smallest absolute Gasteiger partial charge is 0.356 e. The number of halogens is 2. The second-order valence-electron chi connectivity index (χ2n) is 8.60. The van der Waals surface area contributed by atoms with Crippen LogP contribution in [0, 0.1) is 18.3 Å². The molecule has 3 aromatic heterocycles. The van der Waals surface area contributed by atoms with Crippen molar-refractivity contribution in [2.45, 2.75) is 16.7 Å². The first-order valence-electron chi connectivity index (χ1n) is 11.4. The van der Waals surface area contributed by atoms with Gasteiger partial charge in [0.25, 0.3) is 25.8 Å². The average Bonchev–Trinajstić information content (AvgIpc) is 3.58. The standard InChI is InChI=1S/C22H12Cl2N8O9S3/c1-8-11(7-25)19(30-31(8)22-26-14-3-2-9(43(36,37)38)6-15(14)42-22)28-27-16-17(21(34)35)29-32(20(16)33)18-12(23)4-10(5-13(18)24)44(39,40)41/h2-6,29H,1H3,(H,34,35)(H,36,37,38)(H,39,40,41). The van der Waals surface area contributed by atoms with Gasteiger partial charge in [-0.15, -0.1) is 15.3 Å². The lowest BCUT2D eigenvalue weighted by Crippen LogP contribution is -2.15. The third-order valence-corrected chi connectivity index (χ3v) is 9.12. The monoisotopic (exact) mass is 698 g/mol. The van der Waals surface area contributed by atoms with Crippen molar-refractivity contribution in [3.05, 3.63) is 67.7 Å². The highest BCUT2D eigenvalue weighted by Crippen LogP contribution is 2.33. The molecule has 0 amide bonds. The molecule has 5 rings (SSSR count). The maximum Gasteiger partial charge on any atom is 0.356 e. The predicted molar refractivity (Wildman–Crippen MR) is 153 cm³/mol. The van der Waals surface area contributed by atoms with E-state index in [-0.39, 0.29) is 32.8 Å². The zero-order valence-corrected chi connectivity index (χ0v) is 25.3. The van der Waals surface area contributed by atoms with Crippen LogP contribution in [0.3, 0.4) is 0 Å². The molecule has 226 valence electrons. The van der Waals surface area contributed by atoms with Crippen LogP contribution in [0.25, 0.3) is 21.0 Å². The van der Waals surface area contributed by atoms with Crippen LogP contribution in [0.5, 0.6) is 0 Å². The van der Waals surface area contributed by atoms with Gasteiger partial charge < -0.3 is 5.11 Å². The van der Waals surface area contributed by atoms with Crippen molar-refractivity contribution in [3.8, 4) is 16.9 Å². The summed E-state index contributed by atoms with van der Waals surface area (Å²) in [5.41, 5.74) is -2.58. The molecule has 0 radical (unpaired) electrons. The minimum atomic E-state index is -4.72. The molecule has 4 N–H and O–H groups in total. The number of hydrogen-bond acceptors (Lipinski definition) is 12. The number of nitriles is 1. The summed E-state index contributed by atoms with van der Waals surface area (Å²) in [7, 11) is -9.20. The minimum Gasteiger partial charge on any atom is -0.476 e. The number of hydrogen-bond donors (Lipinski definition) is 4. The van der Waals surface area contributed by atoms with Gasteiger partial charge in [0.05, 0.1) is 35.7 Å². The van der Waals surface area contributed by atoms with E-state index in [1.54, 1.807) is 0 Å². The molecule has 3 heterocycles. The number of aromatic amines is 1. The SMILES string of the molecule is Cc1c(C#N)c(N=Nc2c(C(=O)O)[nH]n(-c3c(Cl)cc(S(=O)(=O)O)cc3Cl)c2=O)nn1-c1nc2ccc(S(=O)(=O)O)cc2s1. The fraction of sp³-hybridized carbons (Fsp3) is 0.0455. The Balaban J connectivity index is 1.60. The van der Waals surface area contributed by atoms with Crippen LogP contribution in [-0.4, -0.2) is 61.6 Å². The van der Waals surface area contributed by atoms with Crippen molar-refractivity contribution in [2.24, 2.45) is 10.2 Å². The molecule has 44 heavy (non-hydrogen) atoms. The number of carboxylic acid groups (broad SMARTS) is 1. The average molecular weight is 699 g/mol. The summed E-state index contributed by atoms with van der Waals surface area (Å²) in [4.78, 5) is 28.5. The lowest BCUT2D eigenvalue weighted by molar-refractivity contribution is 0.0690. The van der Waals surface area contributed by atoms with E-state index in [0.717, 1.165) is 29.5 Å². The molecule has 0 bridgehead atoms. The number of rotatable bonds is 7. The van der Waals surface area contributed by atoms with Crippen LogP contribution in [-0.2, 0) is 20.2 Å². The number of benzene rings is 2. The van der Waals surface area contributed by atoms with E-state index in [1.165, 1.54) is 23.7 Å². The van der Waals surface area contributed by atoms with E-state index in [4.69, 9.17) is 23.2 Å². The Kier molecular flexibility index (Phi) is 7.67. The van der Waals surface area contributed by atoms with E-state index >= 15 is 0 Å². The molecule has 2 aromatic carbocycles. The van der Waals surface area contributed by atoms with Gasteiger partial charge in [0.1, 0.15) is 17.3 Å². The zero-order valence-electron chi connectivity index (χ0n) is 21.3. The van der Waals surface area contributed by atoms with Crippen molar-refractivity contribution >= 4 is 82.5 Å². The van der Waals surface area contributed by atoms with Crippen LogP contribution in [0.1, 0.15) is 21.7 Å². The largest absolute Gasteiger partial charge is 0.476 e. The van der Waals surface area contributed by atoms with Crippen molar-refractivity contribution in [1.29, 1.82) is 5.26 Å². The number of azo groups is 1. The van der Waals surface area contributed by atoms with Crippen molar-refractivity contribution in [2.75, 3.05) is 0 Å². The second kappa shape index (κ2) is 10.9.